The van der Waals surface area contributed by atoms with Gasteiger partial charge < -0.3 is 26.6 Å². The Morgan fingerprint density at radius 1 is 0.550 bits per heavy atom. The van der Waals surface area contributed by atoms with E-state index in [1.807, 2.05) is 0 Å². The highest BCUT2D eigenvalue weighted by atomic mass is 28.5. The first kappa shape index (κ1) is 18.2. The maximum absolute atomic E-state index is 5.78. The third-order valence-electron chi connectivity index (χ3n) is 4.49. The van der Waals surface area contributed by atoms with Crippen molar-refractivity contribution in [1.82, 2.24) is 0 Å². The summed E-state index contributed by atoms with van der Waals surface area (Å²) in [6, 6.07) is 0. The van der Waals surface area contributed by atoms with E-state index in [9.17, 15) is 0 Å². The summed E-state index contributed by atoms with van der Waals surface area (Å²) in [7, 11) is 3.85. The molecule has 1 saturated carbocycles. The Balaban J connectivity index is 3.41. The van der Waals surface area contributed by atoms with Crippen LogP contribution in [0.2, 0.25) is 4.66 Å². The lowest BCUT2D eigenvalue weighted by molar-refractivity contribution is 0.0427. The van der Waals surface area contributed by atoms with Crippen LogP contribution in [0.5, 0.6) is 0 Å². The zero-order valence-electron chi connectivity index (χ0n) is 13.5. The quantitative estimate of drug-likeness (QED) is 0.637. The molecule has 8 heteroatoms. The van der Waals surface area contributed by atoms with Crippen molar-refractivity contribution in [3.63, 3.8) is 0 Å². The summed E-state index contributed by atoms with van der Waals surface area (Å²) in [5.41, 5.74) is 0. The van der Waals surface area contributed by atoms with Gasteiger partial charge in [0, 0.05) is 42.7 Å². The molecule has 0 atom stereocenters. The highest BCUT2D eigenvalue weighted by molar-refractivity contribution is 6.85. The molecule has 1 aliphatic carbocycles. The lowest BCUT2D eigenvalue weighted by Gasteiger charge is -2.51. The average Bonchev–Trinajstić information content (AvgIpc) is 2.53. The first-order valence-electron chi connectivity index (χ1n) is 6.88. The minimum absolute atomic E-state index is 0.450. The van der Waals surface area contributed by atoms with Gasteiger partial charge in [-0.15, -0.1) is 0 Å². The predicted octanol–water partition coefficient (Wildman–Crippen LogP) is 1.99. The molecule has 0 aromatic heterocycles. The van der Waals surface area contributed by atoms with Crippen LogP contribution in [-0.4, -0.2) is 60.3 Å². The van der Waals surface area contributed by atoms with Crippen LogP contribution in [0.15, 0.2) is 0 Å². The first-order chi connectivity index (χ1) is 9.57. The molecule has 1 aliphatic rings. The summed E-state index contributed by atoms with van der Waals surface area (Å²) in [5, 5.41) is 0. The molecule has 0 amide bonds. The Labute approximate surface area is 124 Å². The van der Waals surface area contributed by atoms with E-state index < -0.39 is 22.3 Å². The van der Waals surface area contributed by atoms with Crippen LogP contribution in [0.25, 0.3) is 0 Å². The Morgan fingerprint density at radius 2 is 0.850 bits per heavy atom. The topological polar surface area (TPSA) is 55.4 Å². The first-order valence-corrected chi connectivity index (χ1v) is 10.3. The van der Waals surface area contributed by atoms with E-state index >= 15 is 0 Å². The highest BCUT2D eigenvalue weighted by Crippen LogP contribution is 2.57. The summed E-state index contributed by atoms with van der Waals surface area (Å²) < 4.78 is 34.2. The molecule has 6 nitrogen and oxygen atoms in total. The molecule has 0 saturated heterocycles. The van der Waals surface area contributed by atoms with Gasteiger partial charge in [-0.3, -0.25) is 0 Å². The minimum Gasteiger partial charge on any atom is -0.377 e. The molecule has 0 radical (unpaired) electrons. The summed E-state index contributed by atoms with van der Waals surface area (Å²) in [5.74, 6) is 0. The Morgan fingerprint density at radius 3 is 1.10 bits per heavy atom. The second-order valence-corrected chi connectivity index (χ2v) is 12.1. The molecule has 0 unspecified atom stereocenters. The SMILES string of the molecule is CO[Si](OC)(OC)C1([Si](OC)(OC)OC)CCCCC1. The molecule has 0 spiro atoms. The van der Waals surface area contributed by atoms with Gasteiger partial charge in [-0.1, -0.05) is 19.3 Å². The van der Waals surface area contributed by atoms with Crippen molar-refractivity contribution in [2.24, 2.45) is 0 Å². The standard InChI is InChI=1S/C12H28O6Si2/c1-13-19(14-2,15-3)12(10-8-7-9-11-12)20(16-4,17-5)18-6/h7-11H2,1-6H3. The van der Waals surface area contributed by atoms with E-state index in [4.69, 9.17) is 26.6 Å². The maximum Gasteiger partial charge on any atom is 0.511 e. The van der Waals surface area contributed by atoms with E-state index in [2.05, 4.69) is 0 Å². The summed E-state index contributed by atoms with van der Waals surface area (Å²) >= 11 is 0. The summed E-state index contributed by atoms with van der Waals surface area (Å²) in [6.07, 6.45) is 5.06. The summed E-state index contributed by atoms with van der Waals surface area (Å²) in [4.78, 5) is 0. The Bertz CT molecular complexity index is 249. The maximum atomic E-state index is 5.78. The zero-order valence-corrected chi connectivity index (χ0v) is 15.5. The van der Waals surface area contributed by atoms with Crippen LogP contribution in [0.1, 0.15) is 32.1 Å². The van der Waals surface area contributed by atoms with Crippen LogP contribution >= 0.6 is 0 Å². The second-order valence-electron chi connectivity index (χ2n) is 4.98. The Kier molecular flexibility index (Phi) is 6.80. The molecular weight excluding hydrogens is 296 g/mol. The van der Waals surface area contributed by atoms with Crippen molar-refractivity contribution in [1.29, 1.82) is 0 Å². The lowest BCUT2D eigenvalue weighted by Crippen LogP contribution is -2.69. The van der Waals surface area contributed by atoms with E-state index in [0.717, 1.165) is 25.7 Å². The van der Waals surface area contributed by atoms with Gasteiger partial charge in [-0.05, 0) is 12.8 Å². The lowest BCUT2D eigenvalue weighted by atomic mass is 9.99. The third kappa shape index (κ3) is 2.52. The fourth-order valence-corrected chi connectivity index (χ4v) is 12.2. The van der Waals surface area contributed by atoms with E-state index in [1.54, 1.807) is 42.7 Å². The largest absolute Gasteiger partial charge is 0.511 e. The predicted molar refractivity (Wildman–Crippen MR) is 79.3 cm³/mol. The second kappa shape index (κ2) is 7.45. The monoisotopic (exact) mass is 324 g/mol. The number of rotatable bonds is 8. The average molecular weight is 325 g/mol. The van der Waals surface area contributed by atoms with Crippen molar-refractivity contribution in [3.05, 3.63) is 0 Å². The molecule has 1 fully saturated rings. The van der Waals surface area contributed by atoms with Gasteiger partial charge in [0.25, 0.3) is 0 Å². The molecule has 0 aromatic rings. The zero-order chi connectivity index (χ0) is 15.3. The van der Waals surface area contributed by atoms with Crippen LogP contribution < -0.4 is 0 Å². The molecule has 0 aliphatic heterocycles. The highest BCUT2D eigenvalue weighted by Gasteiger charge is 2.75. The molecule has 20 heavy (non-hydrogen) atoms. The molecule has 1 rings (SSSR count). The fourth-order valence-electron chi connectivity index (χ4n) is 3.63. The fraction of sp³-hybridized carbons (Fsp3) is 1.00. The van der Waals surface area contributed by atoms with Gasteiger partial charge in [-0.25, -0.2) is 0 Å². The molecule has 0 bridgehead atoms. The van der Waals surface area contributed by atoms with E-state index in [-0.39, 0.29) is 0 Å². The minimum atomic E-state index is -2.98. The van der Waals surface area contributed by atoms with Crippen LogP contribution in [0, 0.1) is 0 Å². The number of hydrogen-bond acceptors (Lipinski definition) is 6. The van der Waals surface area contributed by atoms with E-state index in [0.29, 0.717) is 0 Å². The Hall–Kier alpha value is 0.194. The van der Waals surface area contributed by atoms with Crippen molar-refractivity contribution in [2.75, 3.05) is 42.7 Å². The molecule has 120 valence electrons. The third-order valence-corrected chi connectivity index (χ3v) is 12.9. The number of hydrogen-bond donors (Lipinski definition) is 0. The van der Waals surface area contributed by atoms with Crippen molar-refractivity contribution < 1.29 is 26.6 Å². The van der Waals surface area contributed by atoms with E-state index in [1.165, 1.54) is 6.42 Å². The van der Waals surface area contributed by atoms with Crippen LogP contribution in [0.3, 0.4) is 0 Å². The van der Waals surface area contributed by atoms with Gasteiger partial charge in [0.2, 0.25) is 0 Å². The molecular formula is C12H28O6Si2. The van der Waals surface area contributed by atoms with Crippen LogP contribution in [-0.2, 0) is 26.6 Å². The molecule has 0 heterocycles. The van der Waals surface area contributed by atoms with Crippen molar-refractivity contribution >= 4 is 17.6 Å². The summed E-state index contributed by atoms with van der Waals surface area (Å²) in [6.45, 7) is 0. The normalized spacial score (nSPS) is 20.1. The molecule has 0 N–H and O–H groups in total. The molecule has 0 aromatic carbocycles. The van der Waals surface area contributed by atoms with Gasteiger partial charge in [0.1, 0.15) is 4.66 Å². The van der Waals surface area contributed by atoms with Gasteiger partial charge in [0.15, 0.2) is 0 Å². The van der Waals surface area contributed by atoms with Gasteiger partial charge >= 0.3 is 17.6 Å². The van der Waals surface area contributed by atoms with Crippen LogP contribution in [0.4, 0.5) is 0 Å². The van der Waals surface area contributed by atoms with Gasteiger partial charge in [-0.2, -0.15) is 0 Å². The van der Waals surface area contributed by atoms with Crippen molar-refractivity contribution in [3.8, 4) is 0 Å². The van der Waals surface area contributed by atoms with Gasteiger partial charge in [0.05, 0.1) is 0 Å². The smallest absolute Gasteiger partial charge is 0.377 e. The van der Waals surface area contributed by atoms with Crippen molar-refractivity contribution in [2.45, 2.75) is 36.8 Å².